The van der Waals surface area contributed by atoms with E-state index >= 15 is 0 Å². The van der Waals surface area contributed by atoms with Crippen LogP contribution >= 0.6 is 0 Å². The maximum absolute atomic E-state index is 13.8. The van der Waals surface area contributed by atoms with Gasteiger partial charge in [0.2, 0.25) is 0 Å². The topological polar surface area (TPSA) is 43.7 Å². The summed E-state index contributed by atoms with van der Waals surface area (Å²) in [7, 11) is 0. The molecule has 0 amide bonds. The third-order valence-corrected chi connectivity index (χ3v) is 3.61. The lowest BCUT2D eigenvalue weighted by Gasteiger charge is -2.23. The molecule has 1 aromatic carbocycles. The van der Waals surface area contributed by atoms with E-state index in [1.807, 2.05) is 6.07 Å². The molecule has 1 aliphatic heterocycles. The van der Waals surface area contributed by atoms with Gasteiger partial charge in [0.25, 0.3) is 0 Å². The van der Waals surface area contributed by atoms with Gasteiger partial charge in [-0.3, -0.25) is 0 Å². The predicted octanol–water partition coefficient (Wildman–Crippen LogP) is 2.09. The molecule has 1 unspecified atom stereocenters. The van der Waals surface area contributed by atoms with Crippen molar-refractivity contribution in [1.82, 2.24) is 0 Å². The van der Waals surface area contributed by atoms with Crippen LogP contribution in [0.25, 0.3) is 0 Å². The highest BCUT2D eigenvalue weighted by Gasteiger charge is 2.25. The molecule has 1 aromatic rings. The number of nitrogens with zero attached hydrogens (tertiary/aromatic N) is 1. The molecule has 0 saturated carbocycles. The molecule has 100 valence electrons. The number of anilines is 1. The number of hydrogen-bond donors (Lipinski definition) is 2. The van der Waals surface area contributed by atoms with Crippen LogP contribution in [-0.2, 0) is 0 Å². The van der Waals surface area contributed by atoms with E-state index in [1.165, 1.54) is 6.07 Å². The highest BCUT2D eigenvalue weighted by atomic mass is 19.1. The molecule has 1 saturated heterocycles. The fourth-order valence-electron chi connectivity index (χ4n) is 2.68. The van der Waals surface area contributed by atoms with Crippen molar-refractivity contribution in [2.45, 2.75) is 25.9 Å². The Labute approximate surface area is 107 Å². The van der Waals surface area contributed by atoms with Gasteiger partial charge in [-0.25, -0.2) is 4.39 Å². The zero-order valence-corrected chi connectivity index (χ0v) is 10.6. The van der Waals surface area contributed by atoms with E-state index in [-0.39, 0.29) is 12.4 Å². The van der Waals surface area contributed by atoms with Crippen LogP contribution in [0.2, 0.25) is 0 Å². The van der Waals surface area contributed by atoms with Crippen LogP contribution in [0.5, 0.6) is 0 Å². The van der Waals surface area contributed by atoms with Gasteiger partial charge in [-0.2, -0.15) is 0 Å². The Bertz CT molecular complexity index is 409. The quantitative estimate of drug-likeness (QED) is 0.863. The van der Waals surface area contributed by atoms with Gasteiger partial charge in [-0.05, 0) is 37.8 Å². The molecule has 2 N–H and O–H groups in total. The molecule has 3 nitrogen and oxygen atoms in total. The average molecular weight is 253 g/mol. The zero-order valence-electron chi connectivity index (χ0n) is 10.6. The van der Waals surface area contributed by atoms with Crippen LogP contribution in [0.1, 0.15) is 31.4 Å². The smallest absolute Gasteiger partial charge is 0.131 e. The SMILES string of the molecule is C[C@@H](O)c1c(F)cccc1N1CCC(CCO)C1. The van der Waals surface area contributed by atoms with E-state index in [4.69, 9.17) is 5.11 Å². The molecule has 1 heterocycles. The summed E-state index contributed by atoms with van der Waals surface area (Å²) in [6.07, 6.45) is 0.990. The predicted molar refractivity (Wildman–Crippen MR) is 69.1 cm³/mol. The summed E-state index contributed by atoms with van der Waals surface area (Å²) in [5.41, 5.74) is 1.16. The molecule has 2 atom stereocenters. The first-order valence-corrected chi connectivity index (χ1v) is 6.45. The Balaban J connectivity index is 2.21. The maximum atomic E-state index is 13.8. The van der Waals surface area contributed by atoms with Crippen molar-refractivity contribution < 1.29 is 14.6 Å². The standard InChI is InChI=1S/C14H20FNO2/c1-10(18)14-12(15)3-2-4-13(14)16-7-5-11(9-16)6-8-17/h2-4,10-11,17-18H,5-9H2,1H3/t10-,11?/m1/s1. The summed E-state index contributed by atoms with van der Waals surface area (Å²) < 4.78 is 13.8. The normalized spacial score (nSPS) is 21.3. The monoisotopic (exact) mass is 253 g/mol. The fourth-order valence-corrected chi connectivity index (χ4v) is 2.68. The second-order valence-electron chi connectivity index (χ2n) is 4.96. The van der Waals surface area contributed by atoms with Crippen LogP contribution in [0.4, 0.5) is 10.1 Å². The third-order valence-electron chi connectivity index (χ3n) is 3.61. The van der Waals surface area contributed by atoms with E-state index in [9.17, 15) is 9.50 Å². The molecule has 0 aromatic heterocycles. The summed E-state index contributed by atoms with van der Waals surface area (Å²) >= 11 is 0. The Morgan fingerprint density at radius 3 is 2.94 bits per heavy atom. The van der Waals surface area contributed by atoms with Crippen molar-refractivity contribution >= 4 is 5.69 Å². The minimum Gasteiger partial charge on any atom is -0.396 e. The Kier molecular flexibility index (Phi) is 4.19. The van der Waals surface area contributed by atoms with Gasteiger partial charge in [0.05, 0.1) is 6.10 Å². The van der Waals surface area contributed by atoms with Gasteiger partial charge in [-0.15, -0.1) is 0 Å². The van der Waals surface area contributed by atoms with E-state index in [0.29, 0.717) is 11.5 Å². The highest BCUT2D eigenvalue weighted by Crippen LogP contribution is 2.33. The Morgan fingerprint density at radius 1 is 1.50 bits per heavy atom. The molecule has 4 heteroatoms. The van der Waals surface area contributed by atoms with Gasteiger partial charge >= 0.3 is 0 Å². The van der Waals surface area contributed by atoms with Crippen molar-refractivity contribution in [2.24, 2.45) is 5.92 Å². The van der Waals surface area contributed by atoms with Crippen LogP contribution in [0.3, 0.4) is 0 Å². The minimum atomic E-state index is -0.807. The van der Waals surface area contributed by atoms with E-state index in [0.717, 1.165) is 31.6 Å². The second-order valence-corrected chi connectivity index (χ2v) is 4.96. The lowest BCUT2D eigenvalue weighted by molar-refractivity contribution is 0.194. The van der Waals surface area contributed by atoms with Gasteiger partial charge in [0, 0.05) is 30.9 Å². The van der Waals surface area contributed by atoms with E-state index in [2.05, 4.69) is 4.90 Å². The highest BCUT2D eigenvalue weighted by molar-refractivity contribution is 5.55. The van der Waals surface area contributed by atoms with Crippen LogP contribution in [0, 0.1) is 11.7 Å². The molecule has 0 radical (unpaired) electrons. The molecular formula is C14H20FNO2. The molecule has 0 spiro atoms. The lowest BCUT2D eigenvalue weighted by Crippen LogP contribution is -2.22. The number of halogens is 1. The summed E-state index contributed by atoms with van der Waals surface area (Å²) in [6, 6.07) is 4.91. The number of aliphatic hydroxyl groups excluding tert-OH is 2. The maximum Gasteiger partial charge on any atom is 0.131 e. The van der Waals surface area contributed by atoms with Gasteiger partial charge in [-0.1, -0.05) is 6.07 Å². The third kappa shape index (κ3) is 2.65. The number of hydrogen-bond acceptors (Lipinski definition) is 3. The molecule has 1 fully saturated rings. The van der Waals surface area contributed by atoms with Gasteiger partial charge in [0.15, 0.2) is 0 Å². The van der Waals surface area contributed by atoms with Gasteiger partial charge in [0.1, 0.15) is 5.82 Å². The molecule has 18 heavy (non-hydrogen) atoms. The first-order valence-electron chi connectivity index (χ1n) is 6.45. The van der Waals surface area contributed by atoms with Crippen LogP contribution in [-0.4, -0.2) is 29.9 Å². The van der Waals surface area contributed by atoms with Crippen molar-refractivity contribution in [3.8, 4) is 0 Å². The van der Waals surface area contributed by atoms with Crippen molar-refractivity contribution in [3.63, 3.8) is 0 Å². The molecule has 0 bridgehead atoms. The molecule has 2 rings (SSSR count). The summed E-state index contributed by atoms with van der Waals surface area (Å²) in [5, 5.41) is 18.7. The Morgan fingerprint density at radius 2 is 2.28 bits per heavy atom. The largest absolute Gasteiger partial charge is 0.396 e. The minimum absolute atomic E-state index is 0.199. The molecule has 0 aliphatic carbocycles. The van der Waals surface area contributed by atoms with Crippen molar-refractivity contribution in [1.29, 1.82) is 0 Å². The average Bonchev–Trinajstić information content (AvgIpc) is 2.77. The molecule has 1 aliphatic rings. The van der Waals surface area contributed by atoms with Crippen molar-refractivity contribution in [2.75, 3.05) is 24.6 Å². The summed E-state index contributed by atoms with van der Waals surface area (Å²) in [5.74, 6) is 0.105. The summed E-state index contributed by atoms with van der Waals surface area (Å²) in [4.78, 5) is 2.10. The number of aliphatic hydroxyl groups is 2. The zero-order chi connectivity index (χ0) is 13.1. The van der Waals surface area contributed by atoms with E-state index in [1.54, 1.807) is 13.0 Å². The fraction of sp³-hybridized carbons (Fsp3) is 0.571. The Hall–Kier alpha value is -1.13. The number of rotatable bonds is 4. The van der Waals surface area contributed by atoms with Crippen LogP contribution < -0.4 is 4.90 Å². The number of benzene rings is 1. The first kappa shape index (κ1) is 13.3. The first-order chi connectivity index (χ1) is 8.63. The summed E-state index contributed by atoms with van der Waals surface area (Å²) in [6.45, 7) is 3.46. The van der Waals surface area contributed by atoms with E-state index < -0.39 is 6.10 Å². The van der Waals surface area contributed by atoms with Gasteiger partial charge < -0.3 is 15.1 Å². The lowest BCUT2D eigenvalue weighted by atomic mass is 10.1. The molecular weight excluding hydrogens is 233 g/mol. The van der Waals surface area contributed by atoms with Crippen LogP contribution in [0.15, 0.2) is 18.2 Å². The second kappa shape index (κ2) is 5.67. The van der Waals surface area contributed by atoms with Crippen molar-refractivity contribution in [3.05, 3.63) is 29.6 Å².